The molecular weight excluding hydrogens is 673 g/mol. The van der Waals surface area contributed by atoms with Crippen LogP contribution in [-0.2, 0) is 9.53 Å². The van der Waals surface area contributed by atoms with Gasteiger partial charge in [-0.3, -0.25) is 9.36 Å². The van der Waals surface area contributed by atoms with Gasteiger partial charge in [0.2, 0.25) is 0 Å². The average molecular weight is 703 g/mol. The highest BCUT2D eigenvalue weighted by Gasteiger charge is 2.36. The van der Waals surface area contributed by atoms with Gasteiger partial charge in [-0.2, -0.15) is 0 Å². The highest BCUT2D eigenvalue weighted by Crippen LogP contribution is 2.38. The van der Waals surface area contributed by atoms with E-state index in [0.29, 0.717) is 48.4 Å². The molecule has 1 atom stereocenters. The fourth-order valence-electron chi connectivity index (χ4n) is 5.43. The number of nitrogens with zero attached hydrogens (tertiary/aromatic N) is 3. The third-order valence-electron chi connectivity index (χ3n) is 7.30. The van der Waals surface area contributed by atoms with Crippen LogP contribution in [0.5, 0.6) is 5.75 Å². The van der Waals surface area contributed by atoms with Crippen LogP contribution >= 0.6 is 50.5 Å². The summed E-state index contributed by atoms with van der Waals surface area (Å²) in [7, 11) is 1.57. The SMILES string of the molecule is CCCC1=C(C(=O)OCC)[C@@H](c2cc(Br)ccc2OC)n2c(s/c(=C/c3cc(C)n(-c4ccc(Cl)c(Cl)c4)c3C)c2=O)=N1. The van der Waals surface area contributed by atoms with Gasteiger partial charge in [0, 0.05) is 27.1 Å². The number of aryl methyl sites for hydroxylation is 1. The molecule has 2 aromatic carbocycles. The van der Waals surface area contributed by atoms with Crippen LogP contribution in [0.2, 0.25) is 10.0 Å². The molecule has 0 bridgehead atoms. The maximum absolute atomic E-state index is 14.2. The number of hydrogen-bond acceptors (Lipinski definition) is 6. The molecule has 224 valence electrons. The lowest BCUT2D eigenvalue weighted by molar-refractivity contribution is -0.139. The van der Waals surface area contributed by atoms with E-state index in [1.807, 2.05) is 63.2 Å². The lowest BCUT2D eigenvalue weighted by Gasteiger charge is -2.27. The smallest absolute Gasteiger partial charge is 0.338 e. The molecule has 0 aliphatic carbocycles. The molecule has 0 saturated carbocycles. The second-order valence-corrected chi connectivity index (χ2v) is 12.8. The Morgan fingerprint density at radius 2 is 1.88 bits per heavy atom. The van der Waals surface area contributed by atoms with Crippen molar-refractivity contribution < 1.29 is 14.3 Å². The van der Waals surface area contributed by atoms with Gasteiger partial charge >= 0.3 is 5.97 Å². The van der Waals surface area contributed by atoms with Crippen LogP contribution < -0.4 is 19.6 Å². The molecule has 0 spiro atoms. The lowest BCUT2D eigenvalue weighted by Crippen LogP contribution is -2.40. The van der Waals surface area contributed by atoms with Crippen molar-refractivity contribution in [2.75, 3.05) is 13.7 Å². The summed E-state index contributed by atoms with van der Waals surface area (Å²) in [6, 6.07) is 12.3. The Morgan fingerprint density at radius 3 is 2.56 bits per heavy atom. The first-order valence-corrected chi connectivity index (χ1v) is 16.2. The van der Waals surface area contributed by atoms with E-state index in [1.54, 1.807) is 24.7 Å². The van der Waals surface area contributed by atoms with Crippen molar-refractivity contribution in [3.8, 4) is 11.4 Å². The number of carbonyl (C=O) groups is 1. The topological polar surface area (TPSA) is 74.8 Å². The van der Waals surface area contributed by atoms with Gasteiger partial charge in [-0.25, -0.2) is 9.79 Å². The number of thiazole rings is 1. The molecule has 0 amide bonds. The van der Waals surface area contributed by atoms with Gasteiger partial charge in [-0.05, 0) is 81.3 Å². The zero-order valence-corrected chi connectivity index (χ0v) is 28.2. The minimum Gasteiger partial charge on any atom is -0.496 e. The highest BCUT2D eigenvalue weighted by atomic mass is 79.9. The number of benzene rings is 2. The highest BCUT2D eigenvalue weighted by molar-refractivity contribution is 9.10. The van der Waals surface area contributed by atoms with Gasteiger partial charge in [-0.1, -0.05) is 63.8 Å². The van der Waals surface area contributed by atoms with Gasteiger partial charge in [0.1, 0.15) is 11.8 Å². The quantitative estimate of drug-likeness (QED) is 0.184. The van der Waals surface area contributed by atoms with Crippen LogP contribution in [-0.4, -0.2) is 28.8 Å². The summed E-state index contributed by atoms with van der Waals surface area (Å²) in [5.41, 5.74) is 5.02. The van der Waals surface area contributed by atoms with Gasteiger partial charge in [0.05, 0.1) is 39.6 Å². The normalized spacial score (nSPS) is 15.0. The second kappa shape index (κ2) is 12.9. The van der Waals surface area contributed by atoms with Crippen LogP contribution in [0, 0.1) is 13.8 Å². The van der Waals surface area contributed by atoms with Crippen LogP contribution in [0.1, 0.15) is 55.2 Å². The van der Waals surface area contributed by atoms with Gasteiger partial charge in [0.15, 0.2) is 4.80 Å². The minimum absolute atomic E-state index is 0.197. The lowest BCUT2D eigenvalue weighted by atomic mass is 9.93. The van der Waals surface area contributed by atoms with E-state index < -0.39 is 12.0 Å². The number of esters is 1. The van der Waals surface area contributed by atoms with Gasteiger partial charge < -0.3 is 14.0 Å². The average Bonchev–Trinajstić information content (AvgIpc) is 3.43. The fourth-order valence-corrected chi connectivity index (χ4v) is 7.11. The molecular formula is C32H30BrCl2N3O4S. The molecule has 43 heavy (non-hydrogen) atoms. The number of halogens is 3. The molecule has 1 aliphatic heterocycles. The summed E-state index contributed by atoms with van der Waals surface area (Å²) in [4.78, 5) is 33.1. The fraction of sp³-hybridized carbons (Fsp3) is 0.281. The third kappa shape index (κ3) is 5.88. The molecule has 0 unspecified atom stereocenters. The van der Waals surface area contributed by atoms with Crippen molar-refractivity contribution >= 4 is 62.5 Å². The van der Waals surface area contributed by atoms with Gasteiger partial charge in [-0.15, -0.1) is 0 Å². The first-order valence-electron chi connectivity index (χ1n) is 13.8. The summed E-state index contributed by atoms with van der Waals surface area (Å²) in [6.45, 7) is 7.97. The molecule has 4 aromatic rings. The molecule has 5 rings (SSSR count). The molecule has 3 heterocycles. The van der Waals surface area contributed by atoms with E-state index in [2.05, 4.69) is 20.5 Å². The Bertz CT molecular complexity index is 1960. The number of rotatable bonds is 8. The van der Waals surface area contributed by atoms with Crippen molar-refractivity contribution in [3.63, 3.8) is 0 Å². The van der Waals surface area contributed by atoms with E-state index in [1.165, 1.54) is 11.3 Å². The van der Waals surface area contributed by atoms with Crippen molar-refractivity contribution in [1.29, 1.82) is 0 Å². The summed E-state index contributed by atoms with van der Waals surface area (Å²) < 4.78 is 16.2. The third-order valence-corrected chi connectivity index (χ3v) is 9.51. The van der Waals surface area contributed by atoms with E-state index in [0.717, 1.165) is 33.5 Å². The summed E-state index contributed by atoms with van der Waals surface area (Å²) >= 11 is 17.3. The van der Waals surface area contributed by atoms with Gasteiger partial charge in [0.25, 0.3) is 5.56 Å². The predicted octanol–water partition coefficient (Wildman–Crippen LogP) is 7.06. The van der Waals surface area contributed by atoms with Crippen molar-refractivity contribution in [1.82, 2.24) is 9.13 Å². The first-order chi connectivity index (χ1) is 20.6. The molecule has 1 aliphatic rings. The van der Waals surface area contributed by atoms with Crippen molar-refractivity contribution in [2.45, 2.75) is 46.6 Å². The molecule has 0 saturated heterocycles. The van der Waals surface area contributed by atoms with E-state index >= 15 is 0 Å². The zero-order valence-electron chi connectivity index (χ0n) is 24.3. The standard InChI is InChI=1S/C32H30BrCl2N3O4S/c1-6-8-25-28(31(40)42-7-2)29(22-15-20(33)9-12-26(22)41-5)38-30(39)27(43-32(38)36-25)14-19-13-17(3)37(18(19)4)21-10-11-23(34)24(35)16-21/h9-16,29H,6-8H2,1-5H3/b27-14+/t29-/m1/s1. The first kappa shape index (κ1) is 31.3. The number of hydrogen-bond donors (Lipinski definition) is 0. The van der Waals surface area contributed by atoms with E-state index in [-0.39, 0.29) is 12.2 Å². The van der Waals surface area contributed by atoms with Crippen molar-refractivity contribution in [2.24, 2.45) is 4.99 Å². The van der Waals surface area contributed by atoms with Crippen LogP contribution in [0.3, 0.4) is 0 Å². The largest absolute Gasteiger partial charge is 0.496 e. The molecule has 0 fully saturated rings. The summed E-state index contributed by atoms with van der Waals surface area (Å²) in [6.07, 6.45) is 3.19. The second-order valence-electron chi connectivity index (χ2n) is 10.1. The Labute approximate surface area is 271 Å². The molecule has 0 radical (unpaired) electrons. The number of carbonyl (C=O) groups excluding carboxylic acids is 1. The van der Waals surface area contributed by atoms with Crippen molar-refractivity contribution in [3.05, 3.63) is 110 Å². The minimum atomic E-state index is -0.782. The molecule has 11 heteroatoms. The monoisotopic (exact) mass is 701 g/mol. The Morgan fingerprint density at radius 1 is 1.12 bits per heavy atom. The maximum Gasteiger partial charge on any atom is 0.338 e. The van der Waals surface area contributed by atoms with E-state index in [9.17, 15) is 9.59 Å². The predicted molar refractivity (Wildman–Crippen MR) is 176 cm³/mol. The Kier molecular flexibility index (Phi) is 9.37. The Balaban J connectivity index is 1.76. The Hall–Kier alpha value is -3.11. The summed E-state index contributed by atoms with van der Waals surface area (Å²) in [5.74, 6) is 0.0497. The number of ether oxygens (including phenoxy) is 2. The number of methoxy groups -OCH3 is 1. The molecule has 7 nitrogen and oxygen atoms in total. The molecule has 2 aromatic heterocycles. The number of fused-ring (bicyclic) bond motifs is 1. The number of aromatic nitrogens is 2. The molecule has 0 N–H and O–H groups in total. The van der Waals surface area contributed by atoms with E-state index in [4.69, 9.17) is 37.7 Å². The maximum atomic E-state index is 14.2. The van der Waals surface area contributed by atoms with Crippen LogP contribution in [0.25, 0.3) is 11.8 Å². The summed E-state index contributed by atoms with van der Waals surface area (Å²) in [5, 5.41) is 0.945. The zero-order chi connectivity index (χ0) is 31.0. The van der Waals surface area contributed by atoms with Crippen LogP contribution in [0.15, 0.2) is 68.0 Å². The number of allylic oxidation sites excluding steroid dienone is 1. The van der Waals surface area contributed by atoms with Crippen LogP contribution in [0.4, 0.5) is 0 Å².